The summed E-state index contributed by atoms with van der Waals surface area (Å²) < 4.78 is 22.6. The Morgan fingerprint density at radius 3 is 2.22 bits per heavy atom. The summed E-state index contributed by atoms with van der Waals surface area (Å²) in [6.45, 7) is 10.8. The third-order valence-corrected chi connectivity index (χ3v) is 6.76. The molecule has 0 spiro atoms. The number of carbonyl (C=O) groups excluding carboxylic acids is 1. The highest BCUT2D eigenvalue weighted by Crippen LogP contribution is 2.40. The number of methoxy groups -OCH3 is 2. The second-order valence-corrected chi connectivity index (χ2v) is 9.45. The van der Waals surface area contributed by atoms with Crippen molar-refractivity contribution >= 4 is 17.7 Å². The van der Waals surface area contributed by atoms with Crippen LogP contribution in [-0.2, 0) is 19.9 Å². The first-order valence-electron chi connectivity index (χ1n) is 11.0. The molecule has 5 nitrogen and oxygen atoms in total. The summed E-state index contributed by atoms with van der Waals surface area (Å²) in [6, 6.07) is 14.1. The fourth-order valence-electron chi connectivity index (χ4n) is 3.30. The molecule has 0 N–H and O–H groups in total. The highest BCUT2D eigenvalue weighted by Gasteiger charge is 2.33. The molecular formula is C26H36O5S. The number of hydrogen-bond acceptors (Lipinski definition) is 6. The van der Waals surface area contributed by atoms with Gasteiger partial charge in [-0.25, -0.2) is 0 Å². The smallest absolute Gasteiger partial charge is 0.311 e. The number of hydrogen-bond donors (Lipinski definition) is 0. The zero-order chi connectivity index (χ0) is 23.8. The average Bonchev–Trinajstić information content (AvgIpc) is 2.81. The van der Waals surface area contributed by atoms with Gasteiger partial charge in [-0.05, 0) is 63.9 Å². The minimum atomic E-state index is -0.670. The monoisotopic (exact) mass is 460 g/mol. The SMILES string of the molecule is CCOC(C)(c1ccc(SCCOC(=O)C(C)(C)CC)cc1)c1ccc(OC)cc1OC. The van der Waals surface area contributed by atoms with E-state index in [0.29, 0.717) is 19.0 Å². The van der Waals surface area contributed by atoms with Crippen molar-refractivity contribution in [3.8, 4) is 11.5 Å². The largest absolute Gasteiger partial charge is 0.497 e. The predicted octanol–water partition coefficient (Wildman–Crippen LogP) is 6.08. The fourth-order valence-corrected chi connectivity index (χ4v) is 4.03. The van der Waals surface area contributed by atoms with E-state index >= 15 is 0 Å². The van der Waals surface area contributed by atoms with Gasteiger partial charge in [0.15, 0.2) is 0 Å². The lowest BCUT2D eigenvalue weighted by atomic mass is 9.87. The summed E-state index contributed by atoms with van der Waals surface area (Å²) in [6.07, 6.45) is 0.762. The second kappa shape index (κ2) is 11.6. The molecule has 0 aliphatic heterocycles. The molecule has 0 heterocycles. The summed E-state index contributed by atoms with van der Waals surface area (Å²) >= 11 is 1.66. The van der Waals surface area contributed by atoms with Crippen LogP contribution < -0.4 is 9.47 Å². The maximum atomic E-state index is 12.1. The van der Waals surface area contributed by atoms with Gasteiger partial charge in [0.25, 0.3) is 0 Å². The van der Waals surface area contributed by atoms with Crippen LogP contribution in [0.15, 0.2) is 47.4 Å². The lowest BCUT2D eigenvalue weighted by Gasteiger charge is -2.32. The molecule has 32 heavy (non-hydrogen) atoms. The van der Waals surface area contributed by atoms with E-state index in [1.54, 1.807) is 26.0 Å². The lowest BCUT2D eigenvalue weighted by molar-refractivity contribution is -0.153. The van der Waals surface area contributed by atoms with Gasteiger partial charge in [-0.1, -0.05) is 19.1 Å². The van der Waals surface area contributed by atoms with Crippen LogP contribution >= 0.6 is 11.8 Å². The van der Waals surface area contributed by atoms with Gasteiger partial charge in [-0.2, -0.15) is 0 Å². The molecule has 0 saturated carbocycles. The molecule has 0 saturated heterocycles. The fraction of sp³-hybridized carbons (Fsp3) is 0.500. The van der Waals surface area contributed by atoms with Crippen molar-refractivity contribution in [2.24, 2.45) is 5.41 Å². The zero-order valence-electron chi connectivity index (χ0n) is 20.3. The van der Waals surface area contributed by atoms with E-state index < -0.39 is 11.0 Å². The maximum Gasteiger partial charge on any atom is 0.311 e. The summed E-state index contributed by atoms with van der Waals surface area (Å²) in [5, 5.41) is 0. The standard InChI is InChI=1S/C26H36O5S/c1-8-25(3,4)24(27)30-16-17-32-21-13-10-19(11-14-21)26(5,31-9-2)22-15-12-20(28-6)18-23(22)29-7/h10-15,18H,8-9,16-17H2,1-7H3. The summed E-state index contributed by atoms with van der Waals surface area (Å²) in [5.74, 6) is 2.02. The van der Waals surface area contributed by atoms with Crippen LogP contribution in [0.1, 0.15) is 52.2 Å². The molecule has 0 fully saturated rings. The number of carbonyl (C=O) groups is 1. The molecule has 0 amide bonds. The Hall–Kier alpha value is -2.18. The second-order valence-electron chi connectivity index (χ2n) is 8.28. The number of thioether (sulfide) groups is 1. The minimum absolute atomic E-state index is 0.142. The number of ether oxygens (including phenoxy) is 4. The molecule has 1 unspecified atom stereocenters. The first-order chi connectivity index (χ1) is 15.2. The summed E-state index contributed by atoms with van der Waals surface area (Å²) in [5.41, 5.74) is 0.867. The van der Waals surface area contributed by atoms with Gasteiger partial charge in [0.2, 0.25) is 0 Å². The Kier molecular flexibility index (Phi) is 9.47. The Morgan fingerprint density at radius 1 is 0.969 bits per heavy atom. The van der Waals surface area contributed by atoms with Gasteiger partial charge in [0.05, 0.1) is 19.6 Å². The molecule has 2 rings (SSSR count). The third kappa shape index (κ3) is 6.20. The highest BCUT2D eigenvalue weighted by atomic mass is 32.2. The van der Waals surface area contributed by atoms with E-state index in [1.807, 2.05) is 45.9 Å². The Balaban J connectivity index is 2.12. The van der Waals surface area contributed by atoms with Crippen LogP contribution in [0, 0.1) is 5.41 Å². The van der Waals surface area contributed by atoms with E-state index in [0.717, 1.165) is 33.9 Å². The van der Waals surface area contributed by atoms with Gasteiger partial charge in [-0.3, -0.25) is 4.79 Å². The van der Waals surface area contributed by atoms with E-state index in [2.05, 4.69) is 31.2 Å². The Labute approximate surface area is 196 Å². The molecule has 0 aliphatic carbocycles. The molecule has 0 aromatic heterocycles. The van der Waals surface area contributed by atoms with Gasteiger partial charge < -0.3 is 18.9 Å². The van der Waals surface area contributed by atoms with E-state index in [4.69, 9.17) is 18.9 Å². The lowest BCUT2D eigenvalue weighted by Crippen LogP contribution is -2.28. The van der Waals surface area contributed by atoms with E-state index in [1.165, 1.54) is 0 Å². The molecule has 2 aromatic rings. The average molecular weight is 461 g/mol. The first-order valence-corrected chi connectivity index (χ1v) is 12.0. The number of benzene rings is 2. The molecule has 0 aliphatic rings. The number of rotatable bonds is 12. The summed E-state index contributed by atoms with van der Waals surface area (Å²) in [7, 11) is 3.29. The van der Waals surface area contributed by atoms with Gasteiger partial charge in [0, 0.05) is 28.9 Å². The van der Waals surface area contributed by atoms with Crippen LogP contribution in [0.5, 0.6) is 11.5 Å². The molecular weight excluding hydrogens is 424 g/mol. The van der Waals surface area contributed by atoms with Crippen LogP contribution in [0.4, 0.5) is 0 Å². The Morgan fingerprint density at radius 2 is 1.66 bits per heavy atom. The first kappa shape index (κ1) is 26.1. The van der Waals surface area contributed by atoms with Crippen molar-refractivity contribution in [2.75, 3.05) is 33.2 Å². The summed E-state index contributed by atoms with van der Waals surface area (Å²) in [4.78, 5) is 13.2. The van der Waals surface area contributed by atoms with Crippen molar-refractivity contribution < 1.29 is 23.7 Å². The topological polar surface area (TPSA) is 54.0 Å². The molecule has 2 aromatic carbocycles. The van der Waals surface area contributed by atoms with Crippen LogP contribution in [-0.4, -0.2) is 39.2 Å². The number of esters is 1. The molecule has 0 radical (unpaired) electrons. The zero-order valence-corrected chi connectivity index (χ0v) is 21.1. The third-order valence-electron chi connectivity index (χ3n) is 5.78. The predicted molar refractivity (Wildman–Crippen MR) is 130 cm³/mol. The van der Waals surface area contributed by atoms with E-state index in [9.17, 15) is 4.79 Å². The molecule has 176 valence electrons. The maximum absolute atomic E-state index is 12.1. The van der Waals surface area contributed by atoms with Crippen LogP contribution in [0.3, 0.4) is 0 Å². The Bertz CT molecular complexity index is 878. The van der Waals surface area contributed by atoms with Crippen LogP contribution in [0.25, 0.3) is 0 Å². The van der Waals surface area contributed by atoms with E-state index in [-0.39, 0.29) is 5.97 Å². The van der Waals surface area contributed by atoms with Crippen LogP contribution in [0.2, 0.25) is 0 Å². The van der Waals surface area contributed by atoms with Crippen molar-refractivity contribution in [2.45, 2.75) is 51.5 Å². The van der Waals surface area contributed by atoms with Crippen molar-refractivity contribution in [3.63, 3.8) is 0 Å². The minimum Gasteiger partial charge on any atom is -0.497 e. The van der Waals surface area contributed by atoms with Gasteiger partial charge >= 0.3 is 5.97 Å². The molecule has 0 bridgehead atoms. The van der Waals surface area contributed by atoms with Crippen molar-refractivity contribution in [1.29, 1.82) is 0 Å². The van der Waals surface area contributed by atoms with Gasteiger partial charge in [-0.15, -0.1) is 11.8 Å². The normalized spacial score (nSPS) is 13.3. The van der Waals surface area contributed by atoms with Crippen molar-refractivity contribution in [1.82, 2.24) is 0 Å². The quantitative estimate of drug-likeness (QED) is 0.217. The molecule has 6 heteroatoms. The highest BCUT2D eigenvalue weighted by molar-refractivity contribution is 7.99. The van der Waals surface area contributed by atoms with Crippen molar-refractivity contribution in [3.05, 3.63) is 53.6 Å². The molecule has 1 atom stereocenters. The van der Waals surface area contributed by atoms with Gasteiger partial charge in [0.1, 0.15) is 23.7 Å².